The molecular weight excluding hydrogens is 473 g/mol. The van der Waals surface area contributed by atoms with E-state index in [-0.39, 0.29) is 42.0 Å². The molecule has 1 aliphatic heterocycles. The third-order valence-corrected chi connectivity index (χ3v) is 5.66. The van der Waals surface area contributed by atoms with Gasteiger partial charge in [-0.3, -0.25) is 9.69 Å². The van der Waals surface area contributed by atoms with E-state index in [0.29, 0.717) is 12.5 Å². The van der Waals surface area contributed by atoms with E-state index in [1.165, 1.54) is 24.1 Å². The molecule has 1 aromatic heterocycles. The number of amides is 1. The summed E-state index contributed by atoms with van der Waals surface area (Å²) >= 11 is 1.71. The monoisotopic (exact) mass is 507 g/mol. The van der Waals surface area contributed by atoms with Crippen LogP contribution in [0.4, 0.5) is 0 Å². The van der Waals surface area contributed by atoms with Crippen LogP contribution in [0.25, 0.3) is 0 Å². The molecule has 0 saturated carbocycles. The summed E-state index contributed by atoms with van der Waals surface area (Å²) < 4.78 is 0. The Morgan fingerprint density at radius 2 is 1.96 bits per heavy atom. The summed E-state index contributed by atoms with van der Waals surface area (Å²) in [7, 11) is 3.51. The molecule has 27 heavy (non-hydrogen) atoms. The highest BCUT2D eigenvalue weighted by molar-refractivity contribution is 14.0. The molecule has 0 atom stereocenters. The number of guanidine groups is 1. The molecule has 1 fully saturated rings. The van der Waals surface area contributed by atoms with E-state index < -0.39 is 0 Å². The molecular formula is C19H34IN5OS. The van der Waals surface area contributed by atoms with Gasteiger partial charge < -0.3 is 15.5 Å². The van der Waals surface area contributed by atoms with Gasteiger partial charge >= 0.3 is 0 Å². The van der Waals surface area contributed by atoms with Gasteiger partial charge in [-0.15, -0.1) is 35.3 Å². The molecule has 0 radical (unpaired) electrons. The number of rotatable bonds is 7. The number of hydrogen-bond donors (Lipinski definition) is 2. The Kier molecular flexibility index (Phi) is 10.6. The van der Waals surface area contributed by atoms with E-state index in [9.17, 15) is 4.79 Å². The highest BCUT2D eigenvalue weighted by Crippen LogP contribution is 2.19. The Balaban J connectivity index is 0.00000364. The topological polar surface area (TPSA) is 60.0 Å². The lowest BCUT2D eigenvalue weighted by Gasteiger charge is -2.41. The number of carbonyl (C=O) groups excluding carboxylic acids is 1. The molecule has 154 valence electrons. The van der Waals surface area contributed by atoms with Gasteiger partial charge in [-0.2, -0.15) is 0 Å². The zero-order valence-corrected chi connectivity index (χ0v) is 20.1. The molecule has 0 aliphatic carbocycles. The molecule has 1 amide bonds. The van der Waals surface area contributed by atoms with Crippen LogP contribution in [0.1, 0.15) is 38.0 Å². The quantitative estimate of drug-likeness (QED) is 0.339. The van der Waals surface area contributed by atoms with Gasteiger partial charge in [0.1, 0.15) is 6.54 Å². The number of aliphatic imine (C=N–C) groups is 1. The van der Waals surface area contributed by atoms with Crippen LogP contribution in [0.2, 0.25) is 0 Å². The van der Waals surface area contributed by atoms with Gasteiger partial charge in [-0.1, -0.05) is 12.5 Å². The fourth-order valence-corrected chi connectivity index (χ4v) is 3.60. The Morgan fingerprint density at radius 3 is 2.56 bits per heavy atom. The van der Waals surface area contributed by atoms with Crippen LogP contribution in [0.15, 0.2) is 22.5 Å². The second-order valence-corrected chi connectivity index (χ2v) is 8.63. The SMILES string of the molecule is CN(C)C(=O)CN=C(NCc1cccs1)NCC(C)(C)N1CCCCC1.I. The second kappa shape index (κ2) is 11.9. The lowest BCUT2D eigenvalue weighted by atomic mass is 9.98. The van der Waals surface area contributed by atoms with Crippen LogP contribution in [-0.4, -0.2) is 67.5 Å². The third kappa shape index (κ3) is 8.35. The first-order valence-electron chi connectivity index (χ1n) is 9.38. The lowest BCUT2D eigenvalue weighted by molar-refractivity contribution is -0.127. The number of hydrogen-bond acceptors (Lipinski definition) is 4. The van der Waals surface area contributed by atoms with Crippen molar-refractivity contribution in [2.45, 2.75) is 45.2 Å². The molecule has 2 rings (SSSR count). The van der Waals surface area contributed by atoms with Crippen molar-refractivity contribution in [3.63, 3.8) is 0 Å². The summed E-state index contributed by atoms with van der Waals surface area (Å²) in [6.07, 6.45) is 3.89. The molecule has 1 saturated heterocycles. The summed E-state index contributed by atoms with van der Waals surface area (Å²) in [4.78, 5) is 21.7. The zero-order valence-electron chi connectivity index (χ0n) is 17.0. The van der Waals surface area contributed by atoms with Gasteiger partial charge in [0.2, 0.25) is 5.91 Å². The van der Waals surface area contributed by atoms with Gasteiger partial charge in [-0.05, 0) is 51.2 Å². The van der Waals surface area contributed by atoms with Crippen molar-refractivity contribution in [1.29, 1.82) is 0 Å². The predicted octanol–water partition coefficient (Wildman–Crippen LogP) is 2.75. The van der Waals surface area contributed by atoms with Gasteiger partial charge in [0.25, 0.3) is 0 Å². The van der Waals surface area contributed by atoms with Crippen molar-refractivity contribution in [3.8, 4) is 0 Å². The van der Waals surface area contributed by atoms with Crippen molar-refractivity contribution in [2.75, 3.05) is 40.3 Å². The molecule has 0 unspecified atom stereocenters. The van der Waals surface area contributed by atoms with Crippen molar-refractivity contribution in [1.82, 2.24) is 20.4 Å². The van der Waals surface area contributed by atoms with Gasteiger partial charge in [-0.25, -0.2) is 4.99 Å². The second-order valence-electron chi connectivity index (χ2n) is 7.60. The average Bonchev–Trinajstić information content (AvgIpc) is 3.15. The Morgan fingerprint density at radius 1 is 1.26 bits per heavy atom. The van der Waals surface area contributed by atoms with Crippen LogP contribution < -0.4 is 10.6 Å². The summed E-state index contributed by atoms with van der Waals surface area (Å²) in [6.45, 7) is 8.51. The first-order valence-corrected chi connectivity index (χ1v) is 10.3. The largest absolute Gasteiger partial charge is 0.355 e. The first-order chi connectivity index (χ1) is 12.4. The number of likely N-dealkylation sites (N-methyl/N-ethyl adjacent to an activating group) is 1. The van der Waals surface area contributed by atoms with Crippen molar-refractivity contribution in [2.24, 2.45) is 4.99 Å². The molecule has 8 heteroatoms. The minimum atomic E-state index is -0.00230. The Hall–Kier alpha value is -0.870. The molecule has 0 bridgehead atoms. The summed E-state index contributed by atoms with van der Waals surface area (Å²) in [5.74, 6) is 0.691. The first kappa shape index (κ1) is 24.2. The van der Waals surface area contributed by atoms with E-state index in [1.54, 1.807) is 30.3 Å². The van der Waals surface area contributed by atoms with Crippen molar-refractivity contribution in [3.05, 3.63) is 22.4 Å². The van der Waals surface area contributed by atoms with E-state index in [4.69, 9.17) is 0 Å². The molecule has 0 spiro atoms. The number of carbonyl (C=O) groups is 1. The summed E-state index contributed by atoms with van der Waals surface area (Å²) in [6, 6.07) is 4.14. The molecule has 0 aromatic carbocycles. The standard InChI is InChI=1S/C19H33N5OS.HI/c1-19(2,24-10-6-5-7-11-24)15-22-18(21-14-17(25)23(3)4)20-13-16-9-8-12-26-16;/h8-9,12H,5-7,10-11,13-15H2,1-4H3,(H2,20,21,22);1H. The normalized spacial score (nSPS) is 15.8. The van der Waals surface area contributed by atoms with Gasteiger partial charge in [0, 0.05) is 31.1 Å². The predicted molar refractivity (Wildman–Crippen MR) is 125 cm³/mol. The third-order valence-electron chi connectivity index (χ3n) is 4.78. The minimum Gasteiger partial charge on any atom is -0.355 e. The van der Waals surface area contributed by atoms with Crippen LogP contribution >= 0.6 is 35.3 Å². The van der Waals surface area contributed by atoms with Crippen molar-refractivity contribution >= 4 is 47.2 Å². The number of piperidine rings is 1. The van der Waals surface area contributed by atoms with Crippen LogP contribution in [-0.2, 0) is 11.3 Å². The van der Waals surface area contributed by atoms with Crippen LogP contribution in [0.5, 0.6) is 0 Å². The summed E-state index contributed by atoms with van der Waals surface area (Å²) in [5.41, 5.74) is 0.0529. The molecule has 2 N–H and O–H groups in total. The fourth-order valence-electron chi connectivity index (χ4n) is 2.96. The number of likely N-dealkylation sites (tertiary alicyclic amines) is 1. The van der Waals surface area contributed by atoms with E-state index >= 15 is 0 Å². The van der Waals surface area contributed by atoms with Gasteiger partial charge in [0.15, 0.2) is 5.96 Å². The van der Waals surface area contributed by atoms with E-state index in [1.807, 2.05) is 6.07 Å². The fraction of sp³-hybridized carbons (Fsp3) is 0.684. The van der Waals surface area contributed by atoms with Gasteiger partial charge in [0.05, 0.1) is 6.54 Å². The maximum absolute atomic E-state index is 11.9. The molecule has 2 heterocycles. The maximum atomic E-state index is 11.9. The number of halogens is 1. The number of nitrogens with one attached hydrogen (secondary N) is 2. The van der Waals surface area contributed by atoms with Crippen molar-refractivity contribution < 1.29 is 4.79 Å². The molecule has 6 nitrogen and oxygen atoms in total. The summed E-state index contributed by atoms with van der Waals surface area (Å²) in [5, 5.41) is 8.86. The van der Waals surface area contributed by atoms with Crippen LogP contribution in [0.3, 0.4) is 0 Å². The smallest absolute Gasteiger partial charge is 0.243 e. The molecule has 1 aromatic rings. The lowest BCUT2D eigenvalue weighted by Crippen LogP contribution is -2.54. The Labute approximate surface area is 184 Å². The highest BCUT2D eigenvalue weighted by Gasteiger charge is 2.27. The molecule has 1 aliphatic rings. The average molecular weight is 507 g/mol. The highest BCUT2D eigenvalue weighted by atomic mass is 127. The van der Waals surface area contributed by atoms with E-state index in [2.05, 4.69) is 45.8 Å². The minimum absolute atomic E-state index is 0. The Bertz CT molecular complexity index is 583. The maximum Gasteiger partial charge on any atom is 0.243 e. The number of thiophene rings is 1. The number of nitrogens with zero attached hydrogens (tertiary/aromatic N) is 3. The zero-order chi connectivity index (χ0) is 19.0. The van der Waals surface area contributed by atoms with E-state index in [0.717, 1.165) is 19.6 Å². The van der Waals surface area contributed by atoms with Crippen LogP contribution in [0, 0.1) is 0 Å².